The van der Waals surface area contributed by atoms with Gasteiger partial charge in [0.15, 0.2) is 0 Å². The fraction of sp³-hybridized carbons (Fsp3) is 0.318. The maximum absolute atomic E-state index is 12.6. The van der Waals surface area contributed by atoms with Gasteiger partial charge < -0.3 is 5.32 Å². The Bertz CT molecular complexity index is 914. The van der Waals surface area contributed by atoms with Crippen LogP contribution in [0.2, 0.25) is 0 Å². The third-order valence-electron chi connectivity index (χ3n) is 4.62. The second kappa shape index (κ2) is 9.00. The number of nitrogens with one attached hydrogen (secondary N) is 1. The molecule has 0 radical (unpaired) electrons. The molecule has 0 spiro atoms. The van der Waals surface area contributed by atoms with E-state index in [-0.39, 0.29) is 11.2 Å². The first-order chi connectivity index (χ1) is 13.1. The molecule has 0 aliphatic rings. The number of para-hydroxylation sites is 1. The number of carbonyl (C=O) groups excluding carboxylic acids is 1. The standard InChI is InChI=1S/C22H25N3OS/c1-4-17(18-10-6-5-7-11-18)14-23-21(26)15(2)27-22-19-12-8-9-13-20(19)24-16(3)25-22/h5-13,15,17H,4,14H2,1-3H3,(H,23,26)/t15-,17+/m1/s1. The van der Waals surface area contributed by atoms with Gasteiger partial charge in [0.1, 0.15) is 10.9 Å². The van der Waals surface area contributed by atoms with E-state index in [4.69, 9.17) is 0 Å². The Morgan fingerprint density at radius 3 is 2.52 bits per heavy atom. The molecular formula is C22H25N3OS. The molecular weight excluding hydrogens is 354 g/mol. The lowest BCUT2D eigenvalue weighted by Gasteiger charge is -2.18. The number of aromatic nitrogens is 2. The van der Waals surface area contributed by atoms with Crippen LogP contribution < -0.4 is 5.32 Å². The van der Waals surface area contributed by atoms with Crippen LogP contribution in [0.5, 0.6) is 0 Å². The first-order valence-corrected chi connectivity index (χ1v) is 10.2. The molecule has 3 aromatic rings. The molecule has 1 aromatic heterocycles. The van der Waals surface area contributed by atoms with E-state index in [0.717, 1.165) is 28.2 Å². The van der Waals surface area contributed by atoms with Gasteiger partial charge in [-0.05, 0) is 31.9 Å². The minimum Gasteiger partial charge on any atom is -0.355 e. The number of nitrogens with zero attached hydrogens (tertiary/aromatic N) is 2. The van der Waals surface area contributed by atoms with Crippen molar-refractivity contribution in [3.8, 4) is 0 Å². The average Bonchev–Trinajstić information content (AvgIpc) is 2.69. The van der Waals surface area contributed by atoms with E-state index in [1.54, 1.807) is 0 Å². The summed E-state index contributed by atoms with van der Waals surface area (Å²) in [6.45, 7) is 6.61. The molecule has 5 heteroatoms. The number of hydrogen-bond acceptors (Lipinski definition) is 4. The molecule has 1 amide bonds. The van der Waals surface area contributed by atoms with Crippen molar-refractivity contribution in [3.63, 3.8) is 0 Å². The molecule has 0 fully saturated rings. The number of rotatable bonds is 7. The molecule has 0 unspecified atom stereocenters. The highest BCUT2D eigenvalue weighted by Gasteiger charge is 2.19. The van der Waals surface area contributed by atoms with Crippen LogP contribution >= 0.6 is 11.8 Å². The molecule has 2 aromatic carbocycles. The molecule has 0 aliphatic carbocycles. The van der Waals surface area contributed by atoms with Gasteiger partial charge in [0.05, 0.1) is 10.8 Å². The lowest BCUT2D eigenvalue weighted by molar-refractivity contribution is -0.120. The summed E-state index contributed by atoms with van der Waals surface area (Å²) in [6, 6.07) is 18.3. The molecule has 0 bridgehead atoms. The van der Waals surface area contributed by atoms with Crippen LogP contribution in [0.3, 0.4) is 0 Å². The molecule has 1 heterocycles. The summed E-state index contributed by atoms with van der Waals surface area (Å²) >= 11 is 1.49. The summed E-state index contributed by atoms with van der Waals surface area (Å²) in [4.78, 5) is 21.7. The minimum absolute atomic E-state index is 0.0368. The number of hydrogen-bond donors (Lipinski definition) is 1. The fourth-order valence-corrected chi connectivity index (χ4v) is 4.07. The third-order valence-corrected chi connectivity index (χ3v) is 5.73. The highest BCUT2D eigenvalue weighted by atomic mass is 32.2. The highest BCUT2D eigenvalue weighted by molar-refractivity contribution is 8.00. The van der Waals surface area contributed by atoms with E-state index >= 15 is 0 Å². The van der Waals surface area contributed by atoms with Crippen LogP contribution in [0.1, 0.15) is 37.6 Å². The first-order valence-electron chi connectivity index (χ1n) is 9.31. The second-order valence-corrected chi connectivity index (χ2v) is 7.94. The molecule has 140 valence electrons. The SMILES string of the molecule is CC[C@@H](CNC(=O)[C@@H](C)Sc1nc(C)nc2ccccc12)c1ccccc1. The van der Waals surface area contributed by atoms with Crippen LogP contribution in [0.15, 0.2) is 59.6 Å². The van der Waals surface area contributed by atoms with Gasteiger partial charge in [0.2, 0.25) is 5.91 Å². The first kappa shape index (κ1) is 19.4. The quantitative estimate of drug-likeness (QED) is 0.476. The summed E-state index contributed by atoms with van der Waals surface area (Å²) in [5, 5.41) is 4.73. The smallest absolute Gasteiger partial charge is 0.233 e. The monoisotopic (exact) mass is 379 g/mol. The van der Waals surface area contributed by atoms with Crippen molar-refractivity contribution >= 4 is 28.6 Å². The zero-order chi connectivity index (χ0) is 19.2. The third kappa shape index (κ3) is 4.86. The number of benzene rings is 2. The molecule has 0 aliphatic heterocycles. The van der Waals surface area contributed by atoms with E-state index in [2.05, 4.69) is 34.3 Å². The predicted octanol–water partition coefficient (Wildman–Crippen LogP) is 4.73. The van der Waals surface area contributed by atoms with Gasteiger partial charge in [0, 0.05) is 17.8 Å². The van der Waals surface area contributed by atoms with Crippen molar-refractivity contribution in [2.75, 3.05) is 6.54 Å². The maximum Gasteiger partial charge on any atom is 0.233 e. The van der Waals surface area contributed by atoms with Crippen LogP contribution in [-0.2, 0) is 4.79 Å². The zero-order valence-electron chi connectivity index (χ0n) is 16.0. The van der Waals surface area contributed by atoms with Gasteiger partial charge in [-0.1, -0.05) is 67.2 Å². The van der Waals surface area contributed by atoms with E-state index < -0.39 is 0 Å². The lowest BCUT2D eigenvalue weighted by Crippen LogP contribution is -2.34. The van der Waals surface area contributed by atoms with Crippen LogP contribution in [-0.4, -0.2) is 27.7 Å². The van der Waals surface area contributed by atoms with Crippen LogP contribution in [0, 0.1) is 6.92 Å². The van der Waals surface area contributed by atoms with Crippen molar-refractivity contribution in [1.29, 1.82) is 0 Å². The van der Waals surface area contributed by atoms with Gasteiger partial charge in [-0.2, -0.15) is 0 Å². The van der Waals surface area contributed by atoms with Crippen molar-refractivity contribution in [3.05, 3.63) is 66.0 Å². The molecule has 4 nitrogen and oxygen atoms in total. The Morgan fingerprint density at radius 2 is 1.78 bits per heavy atom. The fourth-order valence-electron chi connectivity index (χ4n) is 3.06. The van der Waals surface area contributed by atoms with E-state index in [1.807, 2.05) is 56.3 Å². The normalized spacial score (nSPS) is 13.3. The molecule has 0 saturated carbocycles. The van der Waals surface area contributed by atoms with Crippen molar-refractivity contribution < 1.29 is 4.79 Å². The Morgan fingerprint density at radius 1 is 1.07 bits per heavy atom. The molecule has 3 rings (SSSR count). The molecule has 27 heavy (non-hydrogen) atoms. The van der Waals surface area contributed by atoms with Gasteiger partial charge in [-0.15, -0.1) is 0 Å². The Balaban J connectivity index is 1.66. The summed E-state index contributed by atoms with van der Waals surface area (Å²) in [6.07, 6.45) is 0.988. The number of fused-ring (bicyclic) bond motifs is 1. The second-order valence-electron chi connectivity index (χ2n) is 6.61. The van der Waals surface area contributed by atoms with Crippen molar-refractivity contribution in [2.24, 2.45) is 0 Å². The largest absolute Gasteiger partial charge is 0.355 e. The summed E-state index contributed by atoms with van der Waals surface area (Å²) in [7, 11) is 0. The highest BCUT2D eigenvalue weighted by Crippen LogP contribution is 2.28. The topological polar surface area (TPSA) is 54.9 Å². The van der Waals surface area contributed by atoms with Crippen LogP contribution in [0.25, 0.3) is 10.9 Å². The van der Waals surface area contributed by atoms with E-state index in [1.165, 1.54) is 17.3 Å². The predicted molar refractivity (Wildman–Crippen MR) is 112 cm³/mol. The summed E-state index contributed by atoms with van der Waals surface area (Å²) < 4.78 is 0. The molecule has 1 N–H and O–H groups in total. The van der Waals surface area contributed by atoms with E-state index in [9.17, 15) is 4.79 Å². The van der Waals surface area contributed by atoms with Crippen molar-refractivity contribution in [1.82, 2.24) is 15.3 Å². The zero-order valence-corrected chi connectivity index (χ0v) is 16.8. The Labute approximate surface area is 164 Å². The van der Waals surface area contributed by atoms with Crippen LogP contribution in [0.4, 0.5) is 0 Å². The number of thioether (sulfide) groups is 1. The Hall–Kier alpha value is -2.40. The van der Waals surface area contributed by atoms with Crippen molar-refractivity contribution in [2.45, 2.75) is 43.4 Å². The number of amides is 1. The summed E-state index contributed by atoms with van der Waals surface area (Å²) in [5.74, 6) is 1.09. The minimum atomic E-state index is -0.226. The molecule has 0 saturated heterocycles. The number of carbonyl (C=O) groups is 1. The average molecular weight is 380 g/mol. The Kier molecular flexibility index (Phi) is 6.45. The lowest BCUT2D eigenvalue weighted by atomic mass is 9.96. The maximum atomic E-state index is 12.6. The van der Waals surface area contributed by atoms with Gasteiger partial charge in [0.25, 0.3) is 0 Å². The van der Waals surface area contributed by atoms with E-state index in [0.29, 0.717) is 12.5 Å². The van der Waals surface area contributed by atoms with Gasteiger partial charge in [-0.3, -0.25) is 4.79 Å². The number of aryl methyl sites for hydroxylation is 1. The summed E-state index contributed by atoms with van der Waals surface area (Å²) in [5.41, 5.74) is 2.17. The molecule has 2 atom stereocenters. The van der Waals surface area contributed by atoms with Gasteiger partial charge >= 0.3 is 0 Å². The van der Waals surface area contributed by atoms with Gasteiger partial charge in [-0.25, -0.2) is 9.97 Å².